The van der Waals surface area contributed by atoms with E-state index in [9.17, 15) is 9.59 Å². The van der Waals surface area contributed by atoms with Crippen LogP contribution in [0, 0.1) is 0 Å². The highest BCUT2D eigenvalue weighted by molar-refractivity contribution is 9.10. The molecule has 3 aromatic carbocycles. The molecule has 0 unspecified atom stereocenters. The summed E-state index contributed by atoms with van der Waals surface area (Å²) in [5.41, 5.74) is 5.88. The minimum absolute atomic E-state index is 0.116. The Hall–Kier alpha value is -3.60. The fraction of sp³-hybridized carbons (Fsp3) is 0.107. The Balaban J connectivity index is 1.62. The number of para-hydroxylation sites is 2. The van der Waals surface area contributed by atoms with Gasteiger partial charge >= 0.3 is 0 Å². The van der Waals surface area contributed by atoms with Gasteiger partial charge in [-0.05, 0) is 49.4 Å². The molecule has 0 saturated carbocycles. The van der Waals surface area contributed by atoms with Crippen molar-refractivity contribution in [2.24, 2.45) is 4.99 Å². The van der Waals surface area contributed by atoms with E-state index in [2.05, 4.69) is 27.4 Å². The van der Waals surface area contributed by atoms with Gasteiger partial charge in [0.1, 0.15) is 19.8 Å². The van der Waals surface area contributed by atoms with Gasteiger partial charge in [0.2, 0.25) is 0 Å². The Labute approximate surface area is 235 Å². The largest absolute Gasteiger partial charge is 0.337 e. The molecule has 2 aliphatic rings. The number of hydrogen-bond acceptors (Lipinski definition) is 6. The topological polar surface area (TPSA) is 69.9 Å². The lowest BCUT2D eigenvalue weighted by Crippen LogP contribution is -2.35. The summed E-state index contributed by atoms with van der Waals surface area (Å²) < 4.78 is 3.73. The zero-order valence-corrected chi connectivity index (χ0v) is 23.7. The van der Waals surface area contributed by atoms with Crippen LogP contribution in [0.3, 0.4) is 0 Å². The van der Waals surface area contributed by atoms with Crippen LogP contribution in [0.5, 0.6) is 0 Å². The van der Waals surface area contributed by atoms with E-state index < -0.39 is 0 Å². The molecule has 190 valence electrons. The van der Waals surface area contributed by atoms with Crippen LogP contribution in [0.2, 0.25) is 0 Å². The number of aliphatic imine (C=N–C) groups is 1. The van der Waals surface area contributed by atoms with Gasteiger partial charge in [0, 0.05) is 23.0 Å². The summed E-state index contributed by atoms with van der Waals surface area (Å²) in [7, 11) is 1.97. The van der Waals surface area contributed by atoms with Gasteiger partial charge in [-0.1, -0.05) is 64.1 Å². The van der Waals surface area contributed by atoms with Crippen molar-refractivity contribution >= 4 is 78.4 Å². The molecule has 0 aliphatic carbocycles. The number of hydrazine groups is 1. The molecule has 6 rings (SSSR count). The predicted molar refractivity (Wildman–Crippen MR) is 159 cm³/mol. The van der Waals surface area contributed by atoms with Crippen molar-refractivity contribution in [2.45, 2.75) is 18.4 Å². The molecule has 1 fully saturated rings. The number of carbonyl (C=O) groups is 1. The van der Waals surface area contributed by atoms with Gasteiger partial charge in [-0.15, -0.1) is 11.3 Å². The highest BCUT2D eigenvalue weighted by Gasteiger charge is 2.35. The number of thioether (sulfide) groups is 1. The molecule has 7 nitrogen and oxygen atoms in total. The van der Waals surface area contributed by atoms with E-state index in [1.807, 2.05) is 91.7 Å². The second-order valence-electron chi connectivity index (χ2n) is 8.62. The third kappa shape index (κ3) is 4.18. The fourth-order valence-electron chi connectivity index (χ4n) is 4.45. The summed E-state index contributed by atoms with van der Waals surface area (Å²) >= 11 is 6.40. The summed E-state index contributed by atoms with van der Waals surface area (Å²) in [5, 5.41) is 2.34. The van der Waals surface area contributed by atoms with Crippen LogP contribution in [0.15, 0.2) is 98.0 Å². The third-order valence-electron chi connectivity index (χ3n) is 6.28. The minimum atomic E-state index is -0.263. The fourth-order valence-corrected chi connectivity index (χ4v) is 7.39. The molecule has 1 amide bonds. The summed E-state index contributed by atoms with van der Waals surface area (Å²) in [6.45, 7) is 2.34. The highest BCUT2D eigenvalue weighted by Crippen LogP contribution is 2.45. The van der Waals surface area contributed by atoms with E-state index in [-0.39, 0.29) is 11.5 Å². The van der Waals surface area contributed by atoms with Crippen molar-refractivity contribution in [3.63, 3.8) is 0 Å². The average molecular weight is 605 g/mol. The quantitative estimate of drug-likeness (QED) is 0.375. The second kappa shape index (κ2) is 9.94. The zero-order chi connectivity index (χ0) is 26.4. The number of hydrogen-bond donors (Lipinski definition) is 1. The Morgan fingerprint density at radius 1 is 0.974 bits per heavy atom. The van der Waals surface area contributed by atoms with E-state index in [1.54, 1.807) is 16.3 Å². The first-order valence-electron chi connectivity index (χ1n) is 12.0. The Morgan fingerprint density at radius 3 is 2.47 bits per heavy atom. The summed E-state index contributed by atoms with van der Waals surface area (Å²) in [4.78, 5) is 35.6. The Morgan fingerprint density at radius 2 is 1.74 bits per heavy atom. The molecule has 0 bridgehead atoms. The number of amidine groups is 1. The SMILES string of the molecule is CCn1c(=C2C(=O)N(c3ccccc3)NC2=Nc2cccc(Br)c2)s/c(=C2\Sc3ccccc3N2C)c1=O. The maximum absolute atomic E-state index is 13.9. The number of thiazole rings is 1. The molecular formula is C28H22BrN5O2S2. The summed E-state index contributed by atoms with van der Waals surface area (Å²) in [6, 6.07) is 25.0. The second-order valence-corrected chi connectivity index (χ2v) is 11.6. The smallest absolute Gasteiger partial charge is 0.283 e. The number of amides is 1. The van der Waals surface area contributed by atoms with E-state index in [1.165, 1.54) is 16.3 Å². The maximum Gasteiger partial charge on any atom is 0.283 e. The Kier molecular flexibility index (Phi) is 6.46. The first-order valence-corrected chi connectivity index (χ1v) is 14.4. The van der Waals surface area contributed by atoms with Gasteiger partial charge < -0.3 is 4.90 Å². The molecule has 2 aliphatic heterocycles. The molecule has 1 saturated heterocycles. The minimum Gasteiger partial charge on any atom is -0.337 e. The number of nitrogens with one attached hydrogen (secondary N) is 1. The predicted octanol–water partition coefficient (Wildman–Crippen LogP) is 4.43. The lowest BCUT2D eigenvalue weighted by Gasteiger charge is -2.14. The standard InChI is InChI=1S/C28H22BrN5O2S2/c1-3-33-26(36)23(28-32(2)20-14-7-8-15-21(20)37-28)38-27(33)22-24(30-18-11-9-10-17(29)16-18)31-34(25(22)35)19-12-5-4-6-13-19/h4-16H,3H2,1-2H3,(H,30,31)/b27-22?,28-23-. The van der Waals surface area contributed by atoms with Crippen molar-refractivity contribution in [3.05, 3.63) is 103 Å². The van der Waals surface area contributed by atoms with Crippen molar-refractivity contribution < 1.29 is 4.79 Å². The molecule has 1 N–H and O–H groups in total. The zero-order valence-electron chi connectivity index (χ0n) is 20.5. The van der Waals surface area contributed by atoms with Crippen molar-refractivity contribution in [1.82, 2.24) is 9.99 Å². The number of aromatic nitrogens is 1. The number of nitrogens with zero attached hydrogens (tertiary/aromatic N) is 4. The third-order valence-corrected chi connectivity index (χ3v) is 9.33. The summed E-state index contributed by atoms with van der Waals surface area (Å²) in [6.07, 6.45) is 0. The highest BCUT2D eigenvalue weighted by atomic mass is 79.9. The summed E-state index contributed by atoms with van der Waals surface area (Å²) in [5.74, 6) is 0.133. The van der Waals surface area contributed by atoms with E-state index in [0.29, 0.717) is 38.5 Å². The number of anilines is 2. The normalized spacial score (nSPS) is 18.8. The van der Waals surface area contributed by atoms with E-state index in [4.69, 9.17) is 4.99 Å². The van der Waals surface area contributed by atoms with Gasteiger partial charge in [-0.25, -0.2) is 10.0 Å². The molecular weight excluding hydrogens is 582 g/mol. The van der Waals surface area contributed by atoms with Crippen LogP contribution in [0.4, 0.5) is 17.1 Å². The van der Waals surface area contributed by atoms with Crippen molar-refractivity contribution in [2.75, 3.05) is 17.0 Å². The molecule has 0 atom stereocenters. The number of halogens is 1. The molecule has 4 aromatic rings. The van der Waals surface area contributed by atoms with Crippen LogP contribution < -0.4 is 30.1 Å². The molecule has 3 heterocycles. The van der Waals surface area contributed by atoms with Crippen LogP contribution in [0.1, 0.15) is 6.92 Å². The van der Waals surface area contributed by atoms with Gasteiger partial charge in [-0.3, -0.25) is 19.6 Å². The lowest BCUT2D eigenvalue weighted by molar-refractivity contribution is -0.113. The number of rotatable bonds is 3. The van der Waals surface area contributed by atoms with Crippen LogP contribution in [-0.4, -0.2) is 23.4 Å². The molecule has 0 radical (unpaired) electrons. The maximum atomic E-state index is 13.9. The molecule has 38 heavy (non-hydrogen) atoms. The van der Waals surface area contributed by atoms with Crippen LogP contribution in [0.25, 0.3) is 10.6 Å². The first-order chi connectivity index (χ1) is 18.5. The monoisotopic (exact) mass is 603 g/mol. The number of carbonyl (C=O) groups excluding carboxylic acids is 1. The number of benzene rings is 3. The van der Waals surface area contributed by atoms with Gasteiger partial charge in [0.25, 0.3) is 11.5 Å². The first kappa shape index (κ1) is 24.7. The van der Waals surface area contributed by atoms with Crippen LogP contribution >= 0.6 is 39.0 Å². The van der Waals surface area contributed by atoms with Crippen molar-refractivity contribution in [3.8, 4) is 0 Å². The Bertz CT molecular complexity index is 1800. The van der Waals surface area contributed by atoms with Gasteiger partial charge in [0.05, 0.1) is 17.1 Å². The van der Waals surface area contributed by atoms with Gasteiger partial charge in [-0.2, -0.15) is 0 Å². The van der Waals surface area contributed by atoms with E-state index in [0.717, 1.165) is 20.1 Å². The number of fused-ring (bicyclic) bond motifs is 1. The molecule has 1 aromatic heterocycles. The van der Waals surface area contributed by atoms with Gasteiger partial charge in [0.15, 0.2) is 5.84 Å². The van der Waals surface area contributed by atoms with E-state index >= 15 is 0 Å². The lowest BCUT2D eigenvalue weighted by atomic mass is 10.2. The average Bonchev–Trinajstić information content (AvgIpc) is 3.54. The molecule has 10 heteroatoms. The van der Waals surface area contributed by atoms with Crippen LogP contribution in [-0.2, 0) is 11.3 Å². The molecule has 0 spiro atoms. The van der Waals surface area contributed by atoms with Crippen molar-refractivity contribution in [1.29, 1.82) is 0 Å².